The highest BCUT2D eigenvalue weighted by molar-refractivity contribution is 5.09. The smallest absolute Gasteiger partial charge is 0.146 e. The van der Waals surface area contributed by atoms with Crippen LogP contribution in [0.3, 0.4) is 0 Å². The summed E-state index contributed by atoms with van der Waals surface area (Å²) >= 11 is 0. The van der Waals surface area contributed by atoms with Gasteiger partial charge in [0, 0.05) is 0 Å². The number of hydrogen-bond acceptors (Lipinski definition) is 6. The molecule has 25 heavy (non-hydrogen) atoms. The summed E-state index contributed by atoms with van der Waals surface area (Å²) in [7, 11) is 0. The van der Waals surface area contributed by atoms with E-state index in [1.54, 1.807) is 0 Å². The molecule has 142 valence electrons. The lowest BCUT2D eigenvalue weighted by atomic mass is 9.84. The highest BCUT2D eigenvalue weighted by atomic mass is 16.7. The minimum absolute atomic E-state index is 0.222. The Bertz CT molecular complexity index is 470. The SMILES string of the molecule is CC1(N(C(C2CCCCC2)N(C2(C)CO2)C2(C)CO2)C2(C)CO2)CO1. The fourth-order valence-corrected chi connectivity index (χ4v) is 5.06. The van der Waals surface area contributed by atoms with Crippen LogP contribution in [0.2, 0.25) is 0 Å². The molecule has 4 unspecified atom stereocenters. The number of ether oxygens (including phenoxy) is 4. The quantitative estimate of drug-likeness (QED) is 0.518. The van der Waals surface area contributed by atoms with Crippen LogP contribution in [0.1, 0.15) is 59.8 Å². The van der Waals surface area contributed by atoms with Gasteiger partial charge < -0.3 is 18.9 Å². The van der Waals surface area contributed by atoms with Gasteiger partial charge in [0.25, 0.3) is 0 Å². The molecule has 5 rings (SSSR count). The van der Waals surface area contributed by atoms with Crippen molar-refractivity contribution in [2.24, 2.45) is 5.92 Å². The monoisotopic (exact) mass is 352 g/mol. The summed E-state index contributed by atoms with van der Waals surface area (Å²) in [5, 5.41) is 0. The molecule has 4 atom stereocenters. The van der Waals surface area contributed by atoms with Crippen LogP contribution >= 0.6 is 0 Å². The Balaban J connectivity index is 1.56. The van der Waals surface area contributed by atoms with Crippen molar-refractivity contribution in [3.8, 4) is 0 Å². The number of rotatable bonds is 7. The molecule has 5 fully saturated rings. The van der Waals surface area contributed by atoms with Gasteiger partial charge in [-0.1, -0.05) is 19.3 Å². The van der Waals surface area contributed by atoms with E-state index < -0.39 is 0 Å². The molecule has 0 aromatic rings. The van der Waals surface area contributed by atoms with Gasteiger partial charge in [0.05, 0.1) is 32.6 Å². The second-order valence-electron chi connectivity index (χ2n) is 9.41. The Hall–Kier alpha value is -0.240. The second-order valence-corrected chi connectivity index (χ2v) is 9.41. The summed E-state index contributed by atoms with van der Waals surface area (Å²) in [4.78, 5) is 5.05. The van der Waals surface area contributed by atoms with E-state index in [1.807, 2.05) is 0 Å². The Morgan fingerprint density at radius 1 is 0.640 bits per heavy atom. The van der Waals surface area contributed by atoms with Crippen molar-refractivity contribution in [2.45, 2.75) is 88.9 Å². The molecule has 1 saturated carbocycles. The fraction of sp³-hybridized carbons (Fsp3) is 1.00. The van der Waals surface area contributed by atoms with E-state index in [-0.39, 0.29) is 29.1 Å². The highest BCUT2D eigenvalue weighted by Crippen LogP contribution is 2.54. The highest BCUT2D eigenvalue weighted by Gasteiger charge is 2.69. The van der Waals surface area contributed by atoms with Crippen LogP contribution in [-0.4, -0.2) is 65.3 Å². The van der Waals surface area contributed by atoms with Crippen LogP contribution in [-0.2, 0) is 18.9 Å². The molecule has 0 spiro atoms. The first-order valence-electron chi connectivity index (χ1n) is 9.95. The van der Waals surface area contributed by atoms with Gasteiger partial charge in [-0.05, 0) is 46.5 Å². The maximum atomic E-state index is 5.95. The van der Waals surface area contributed by atoms with E-state index in [1.165, 1.54) is 32.1 Å². The minimum atomic E-state index is -0.234. The van der Waals surface area contributed by atoms with Crippen molar-refractivity contribution in [1.82, 2.24) is 9.80 Å². The van der Waals surface area contributed by atoms with E-state index in [4.69, 9.17) is 18.9 Å². The van der Waals surface area contributed by atoms with E-state index >= 15 is 0 Å². The molecular weight excluding hydrogens is 320 g/mol. The topological polar surface area (TPSA) is 56.6 Å². The molecule has 0 N–H and O–H groups in total. The summed E-state index contributed by atoms with van der Waals surface area (Å²) in [5.74, 6) is 0.595. The third kappa shape index (κ3) is 2.77. The summed E-state index contributed by atoms with van der Waals surface area (Å²) in [5.41, 5.74) is -0.936. The molecule has 4 saturated heterocycles. The first kappa shape index (κ1) is 16.9. The van der Waals surface area contributed by atoms with Crippen molar-refractivity contribution in [2.75, 3.05) is 26.4 Å². The number of hydrogen-bond donors (Lipinski definition) is 0. The Kier molecular flexibility index (Phi) is 3.50. The third-order valence-corrected chi connectivity index (χ3v) is 6.89. The Labute approximate surface area is 150 Å². The van der Waals surface area contributed by atoms with Crippen LogP contribution in [0.15, 0.2) is 0 Å². The summed E-state index contributed by atoms with van der Waals surface area (Å²) in [6.45, 7) is 11.9. The third-order valence-electron chi connectivity index (χ3n) is 6.89. The molecule has 4 heterocycles. The van der Waals surface area contributed by atoms with Gasteiger partial charge in [-0.15, -0.1) is 0 Å². The lowest BCUT2D eigenvalue weighted by Crippen LogP contribution is -2.66. The van der Waals surface area contributed by atoms with Crippen LogP contribution < -0.4 is 0 Å². The van der Waals surface area contributed by atoms with E-state index in [2.05, 4.69) is 37.5 Å². The standard InChI is InChI=1S/C19H32N2O4/c1-16(10-22-16)20(17(2)11-23-17)15(14-8-6-5-7-9-14)21(18(3)12-24-18)19(4)13-25-19/h14-15H,5-13H2,1-4H3. The van der Waals surface area contributed by atoms with Crippen LogP contribution in [0.25, 0.3) is 0 Å². The lowest BCUT2D eigenvalue weighted by Gasteiger charge is -2.50. The van der Waals surface area contributed by atoms with Gasteiger partial charge in [-0.2, -0.15) is 0 Å². The minimum Gasteiger partial charge on any atom is -0.354 e. The van der Waals surface area contributed by atoms with Crippen molar-refractivity contribution >= 4 is 0 Å². The van der Waals surface area contributed by atoms with Crippen LogP contribution in [0, 0.1) is 5.92 Å². The maximum absolute atomic E-state index is 5.95. The molecule has 0 bridgehead atoms. The molecule has 6 heteroatoms. The van der Waals surface area contributed by atoms with Gasteiger partial charge in [-0.25, -0.2) is 9.80 Å². The molecular formula is C19H32N2O4. The van der Waals surface area contributed by atoms with Gasteiger partial charge in [0.2, 0.25) is 0 Å². The molecule has 0 aromatic heterocycles. The largest absolute Gasteiger partial charge is 0.354 e. The van der Waals surface area contributed by atoms with Crippen LogP contribution in [0.4, 0.5) is 0 Å². The van der Waals surface area contributed by atoms with E-state index in [9.17, 15) is 0 Å². The van der Waals surface area contributed by atoms with Gasteiger partial charge in [0.15, 0.2) is 0 Å². The molecule has 5 aliphatic rings. The van der Waals surface area contributed by atoms with Crippen molar-refractivity contribution in [3.05, 3.63) is 0 Å². The normalized spacial score (nSPS) is 50.2. The molecule has 0 radical (unpaired) electrons. The Morgan fingerprint density at radius 3 is 1.24 bits per heavy atom. The average molecular weight is 352 g/mol. The predicted octanol–water partition coefficient (Wildman–Crippen LogP) is 2.48. The van der Waals surface area contributed by atoms with E-state index in [0.717, 1.165) is 26.4 Å². The van der Waals surface area contributed by atoms with Crippen LogP contribution in [0.5, 0.6) is 0 Å². The summed E-state index contributed by atoms with van der Waals surface area (Å²) in [6.07, 6.45) is 6.72. The molecule has 0 aromatic carbocycles. The van der Waals surface area contributed by atoms with E-state index in [0.29, 0.717) is 5.92 Å². The average Bonchev–Trinajstić information content (AvgIpc) is 3.35. The number of nitrogens with zero attached hydrogens (tertiary/aromatic N) is 2. The summed E-state index contributed by atoms with van der Waals surface area (Å²) < 4.78 is 23.8. The molecule has 1 aliphatic carbocycles. The number of epoxide rings is 4. The Morgan fingerprint density at radius 2 is 0.960 bits per heavy atom. The van der Waals surface area contributed by atoms with Crippen molar-refractivity contribution in [1.29, 1.82) is 0 Å². The zero-order chi connectivity index (χ0) is 17.5. The van der Waals surface area contributed by atoms with Crippen molar-refractivity contribution < 1.29 is 18.9 Å². The van der Waals surface area contributed by atoms with Gasteiger partial charge in [0.1, 0.15) is 22.9 Å². The first-order chi connectivity index (χ1) is 11.8. The first-order valence-corrected chi connectivity index (χ1v) is 9.95. The molecule has 6 nitrogen and oxygen atoms in total. The maximum Gasteiger partial charge on any atom is 0.146 e. The molecule has 0 amide bonds. The lowest BCUT2D eigenvalue weighted by molar-refractivity contribution is -0.179. The van der Waals surface area contributed by atoms with Crippen molar-refractivity contribution in [3.63, 3.8) is 0 Å². The van der Waals surface area contributed by atoms with Gasteiger partial charge >= 0.3 is 0 Å². The predicted molar refractivity (Wildman–Crippen MR) is 91.5 cm³/mol. The zero-order valence-corrected chi connectivity index (χ0v) is 16.0. The second kappa shape index (κ2) is 5.18. The zero-order valence-electron chi connectivity index (χ0n) is 16.0. The fourth-order valence-electron chi connectivity index (χ4n) is 5.06. The molecule has 4 aliphatic heterocycles. The van der Waals surface area contributed by atoms with Gasteiger partial charge in [-0.3, -0.25) is 0 Å². The summed E-state index contributed by atoms with van der Waals surface area (Å²) in [6, 6.07) is 0.